The second-order valence-electron chi connectivity index (χ2n) is 4.79. The average Bonchev–Trinajstić information content (AvgIpc) is 2.95. The number of carbonyl (C=O) groups is 1. The molecular formula is C12H18N2O4S. The van der Waals surface area contributed by atoms with Crippen LogP contribution in [0.5, 0.6) is 0 Å². The molecule has 0 bridgehead atoms. The minimum Gasteiger partial charge on any atom is -0.464 e. The standard InChI is InChI=1S/C12H18N2O4S/c1-18-12(15)11-3-2-10(14-11)7-13-6-9-4-5-19(16,17)8-9/h2-3,9,13-14H,4-8H2,1H3. The van der Waals surface area contributed by atoms with Gasteiger partial charge in [0.2, 0.25) is 0 Å². The predicted molar refractivity (Wildman–Crippen MR) is 70.6 cm³/mol. The van der Waals surface area contributed by atoms with E-state index in [1.165, 1.54) is 7.11 Å². The molecule has 1 aromatic rings. The molecule has 1 fully saturated rings. The second kappa shape index (κ2) is 5.75. The van der Waals surface area contributed by atoms with Gasteiger partial charge in [-0.25, -0.2) is 13.2 Å². The van der Waals surface area contributed by atoms with E-state index in [9.17, 15) is 13.2 Å². The highest BCUT2D eigenvalue weighted by molar-refractivity contribution is 7.91. The van der Waals surface area contributed by atoms with Crippen molar-refractivity contribution in [3.63, 3.8) is 0 Å². The third-order valence-electron chi connectivity index (χ3n) is 3.23. The number of esters is 1. The van der Waals surface area contributed by atoms with Crippen LogP contribution in [-0.4, -0.2) is 44.5 Å². The molecule has 106 valence electrons. The molecule has 0 amide bonds. The number of carbonyl (C=O) groups excluding carboxylic acids is 1. The fraction of sp³-hybridized carbons (Fsp3) is 0.583. The zero-order valence-electron chi connectivity index (χ0n) is 10.8. The first-order chi connectivity index (χ1) is 9.00. The Balaban J connectivity index is 1.77. The maximum Gasteiger partial charge on any atom is 0.354 e. The summed E-state index contributed by atoms with van der Waals surface area (Å²) in [4.78, 5) is 14.2. The van der Waals surface area contributed by atoms with E-state index in [-0.39, 0.29) is 11.7 Å². The number of H-pyrrole nitrogens is 1. The normalized spacial score (nSPS) is 21.4. The Morgan fingerprint density at radius 1 is 1.53 bits per heavy atom. The molecular weight excluding hydrogens is 268 g/mol. The number of nitrogens with one attached hydrogen (secondary N) is 2. The van der Waals surface area contributed by atoms with Gasteiger partial charge < -0.3 is 15.0 Å². The first-order valence-corrected chi connectivity index (χ1v) is 7.99. The Hall–Kier alpha value is -1.34. The Bertz CT molecular complexity index is 550. The van der Waals surface area contributed by atoms with Crippen molar-refractivity contribution in [3.05, 3.63) is 23.5 Å². The third-order valence-corrected chi connectivity index (χ3v) is 5.06. The molecule has 1 unspecified atom stereocenters. The SMILES string of the molecule is COC(=O)c1ccc(CNCC2CCS(=O)(=O)C2)[nH]1. The number of aromatic amines is 1. The number of aromatic nitrogens is 1. The molecule has 1 saturated heterocycles. The summed E-state index contributed by atoms with van der Waals surface area (Å²) in [5.41, 5.74) is 1.30. The van der Waals surface area contributed by atoms with Gasteiger partial charge in [0.25, 0.3) is 0 Å². The first-order valence-electron chi connectivity index (χ1n) is 6.17. The molecule has 0 radical (unpaired) electrons. The van der Waals surface area contributed by atoms with Gasteiger partial charge in [-0.15, -0.1) is 0 Å². The van der Waals surface area contributed by atoms with Gasteiger partial charge in [-0.05, 0) is 31.0 Å². The summed E-state index contributed by atoms with van der Waals surface area (Å²) in [6.07, 6.45) is 0.730. The Morgan fingerprint density at radius 3 is 2.95 bits per heavy atom. The van der Waals surface area contributed by atoms with Gasteiger partial charge >= 0.3 is 5.97 Å². The number of hydrogen-bond donors (Lipinski definition) is 2. The highest BCUT2D eigenvalue weighted by Gasteiger charge is 2.27. The molecule has 0 aliphatic carbocycles. The lowest BCUT2D eigenvalue weighted by molar-refractivity contribution is 0.0594. The molecule has 0 spiro atoms. The molecule has 2 heterocycles. The van der Waals surface area contributed by atoms with Gasteiger partial charge in [0, 0.05) is 12.2 Å². The van der Waals surface area contributed by atoms with Gasteiger partial charge in [0.15, 0.2) is 9.84 Å². The first kappa shape index (κ1) is 14.1. The van der Waals surface area contributed by atoms with Gasteiger partial charge in [0.05, 0.1) is 18.6 Å². The zero-order valence-corrected chi connectivity index (χ0v) is 11.6. The Labute approximate surface area is 112 Å². The maximum absolute atomic E-state index is 11.3. The summed E-state index contributed by atoms with van der Waals surface area (Å²) in [5.74, 6) is 0.375. The van der Waals surface area contributed by atoms with Crippen molar-refractivity contribution in [2.24, 2.45) is 5.92 Å². The number of sulfone groups is 1. The zero-order chi connectivity index (χ0) is 13.9. The van der Waals surface area contributed by atoms with Crippen molar-refractivity contribution in [1.29, 1.82) is 0 Å². The van der Waals surface area contributed by atoms with Crippen LogP contribution in [0, 0.1) is 5.92 Å². The van der Waals surface area contributed by atoms with Crippen LogP contribution < -0.4 is 5.32 Å². The summed E-state index contributed by atoms with van der Waals surface area (Å²) in [6, 6.07) is 3.48. The molecule has 19 heavy (non-hydrogen) atoms. The van der Waals surface area contributed by atoms with Crippen molar-refractivity contribution < 1.29 is 17.9 Å². The minimum absolute atomic E-state index is 0.194. The summed E-state index contributed by atoms with van der Waals surface area (Å²) in [5, 5.41) is 3.20. The van der Waals surface area contributed by atoms with Crippen LogP contribution in [0.4, 0.5) is 0 Å². The molecule has 0 aromatic carbocycles. The number of methoxy groups -OCH3 is 1. The van der Waals surface area contributed by atoms with E-state index >= 15 is 0 Å². The van der Waals surface area contributed by atoms with E-state index in [1.54, 1.807) is 6.07 Å². The monoisotopic (exact) mass is 286 g/mol. The average molecular weight is 286 g/mol. The smallest absolute Gasteiger partial charge is 0.354 e. The highest BCUT2D eigenvalue weighted by atomic mass is 32.2. The van der Waals surface area contributed by atoms with Gasteiger partial charge in [0.1, 0.15) is 5.69 Å². The summed E-state index contributed by atoms with van der Waals surface area (Å²) in [7, 11) is -1.48. The van der Waals surface area contributed by atoms with Gasteiger partial charge in [-0.3, -0.25) is 0 Å². The molecule has 0 saturated carbocycles. The van der Waals surface area contributed by atoms with Crippen LogP contribution in [0.2, 0.25) is 0 Å². The van der Waals surface area contributed by atoms with E-state index < -0.39 is 15.8 Å². The van der Waals surface area contributed by atoms with Crippen LogP contribution in [-0.2, 0) is 21.1 Å². The quantitative estimate of drug-likeness (QED) is 0.761. The van der Waals surface area contributed by atoms with Gasteiger partial charge in [-0.2, -0.15) is 0 Å². The largest absolute Gasteiger partial charge is 0.464 e. The third kappa shape index (κ3) is 3.81. The van der Waals surface area contributed by atoms with Crippen molar-refractivity contribution in [3.8, 4) is 0 Å². The Kier molecular flexibility index (Phi) is 4.26. The van der Waals surface area contributed by atoms with Crippen LogP contribution >= 0.6 is 0 Å². The summed E-state index contributed by atoms with van der Waals surface area (Å²) in [6.45, 7) is 1.25. The van der Waals surface area contributed by atoms with E-state index in [0.717, 1.165) is 12.1 Å². The lowest BCUT2D eigenvalue weighted by atomic mass is 10.1. The number of ether oxygens (including phenoxy) is 1. The summed E-state index contributed by atoms with van der Waals surface area (Å²) < 4.78 is 27.2. The van der Waals surface area contributed by atoms with Gasteiger partial charge in [-0.1, -0.05) is 0 Å². The minimum atomic E-state index is -2.81. The second-order valence-corrected chi connectivity index (χ2v) is 7.02. The van der Waals surface area contributed by atoms with Crippen LogP contribution in [0.15, 0.2) is 12.1 Å². The van der Waals surface area contributed by atoms with E-state index in [2.05, 4.69) is 15.0 Å². The van der Waals surface area contributed by atoms with Crippen molar-refractivity contribution in [2.75, 3.05) is 25.2 Å². The lowest BCUT2D eigenvalue weighted by Gasteiger charge is -2.08. The fourth-order valence-electron chi connectivity index (χ4n) is 2.22. The molecule has 2 rings (SSSR count). The van der Waals surface area contributed by atoms with Crippen molar-refractivity contribution in [2.45, 2.75) is 13.0 Å². The van der Waals surface area contributed by atoms with Crippen molar-refractivity contribution in [1.82, 2.24) is 10.3 Å². The molecule has 1 aliphatic heterocycles. The predicted octanol–water partition coefficient (Wildman–Crippen LogP) is 0.326. The topological polar surface area (TPSA) is 88.3 Å². The maximum atomic E-state index is 11.3. The summed E-state index contributed by atoms with van der Waals surface area (Å²) >= 11 is 0. The molecule has 1 aromatic heterocycles. The van der Waals surface area contributed by atoms with Crippen LogP contribution in [0.1, 0.15) is 22.6 Å². The molecule has 1 atom stereocenters. The molecule has 6 nitrogen and oxygen atoms in total. The Morgan fingerprint density at radius 2 is 2.32 bits per heavy atom. The van der Waals surface area contributed by atoms with Crippen LogP contribution in [0.3, 0.4) is 0 Å². The van der Waals surface area contributed by atoms with E-state index in [1.807, 2.05) is 6.07 Å². The van der Waals surface area contributed by atoms with E-state index in [4.69, 9.17) is 0 Å². The number of rotatable bonds is 5. The molecule has 7 heteroatoms. The lowest BCUT2D eigenvalue weighted by Crippen LogP contribution is -2.23. The fourth-order valence-corrected chi connectivity index (χ4v) is 4.08. The number of hydrogen-bond acceptors (Lipinski definition) is 5. The van der Waals surface area contributed by atoms with Crippen molar-refractivity contribution >= 4 is 15.8 Å². The van der Waals surface area contributed by atoms with Crippen LogP contribution in [0.25, 0.3) is 0 Å². The highest BCUT2D eigenvalue weighted by Crippen LogP contribution is 2.17. The molecule has 2 N–H and O–H groups in total. The van der Waals surface area contributed by atoms with E-state index in [0.29, 0.717) is 24.5 Å². The molecule has 1 aliphatic rings.